The first-order valence-corrected chi connectivity index (χ1v) is 9.04. The number of amides is 1. The number of ether oxygens (including phenoxy) is 1. The summed E-state index contributed by atoms with van der Waals surface area (Å²) in [6.45, 7) is 6.07. The van der Waals surface area contributed by atoms with E-state index in [0.717, 1.165) is 51.9 Å². The molecular weight excluding hydrogens is 349 g/mol. The fourth-order valence-corrected chi connectivity index (χ4v) is 4.34. The van der Waals surface area contributed by atoms with Crippen LogP contribution in [0.15, 0.2) is 0 Å². The Bertz CT molecular complexity index is 378. The van der Waals surface area contributed by atoms with Crippen molar-refractivity contribution in [1.29, 1.82) is 0 Å². The minimum absolute atomic E-state index is 0. The predicted octanol–water partition coefficient (Wildman–Crippen LogP) is 2.08. The maximum Gasteiger partial charge on any atom is 0.254 e. The van der Waals surface area contributed by atoms with Gasteiger partial charge >= 0.3 is 0 Å². The molecule has 0 unspecified atom stereocenters. The fraction of sp³-hybridized carbons (Fsp3) is 0.941. The van der Waals surface area contributed by atoms with E-state index in [1.165, 1.54) is 32.4 Å². The van der Waals surface area contributed by atoms with E-state index in [2.05, 4.69) is 15.1 Å². The SMILES string of the molecule is COC1(C(=O)N2CCC(N3CCCCC3)CC2)CCNCC1.Cl.Cl. The van der Waals surface area contributed by atoms with Crippen molar-refractivity contribution >= 4 is 30.7 Å². The maximum absolute atomic E-state index is 12.9. The van der Waals surface area contributed by atoms with E-state index in [1.807, 2.05) is 0 Å². The largest absolute Gasteiger partial charge is 0.368 e. The second-order valence-corrected chi connectivity index (χ2v) is 7.07. The molecule has 1 amide bonds. The lowest BCUT2D eigenvalue weighted by Gasteiger charge is -2.44. The van der Waals surface area contributed by atoms with E-state index < -0.39 is 5.60 Å². The molecule has 3 aliphatic heterocycles. The molecule has 3 heterocycles. The predicted molar refractivity (Wildman–Crippen MR) is 101 cm³/mol. The number of hydrogen-bond acceptors (Lipinski definition) is 4. The van der Waals surface area contributed by atoms with Gasteiger partial charge in [0.25, 0.3) is 5.91 Å². The van der Waals surface area contributed by atoms with Gasteiger partial charge in [-0.2, -0.15) is 0 Å². The molecule has 142 valence electrons. The first kappa shape index (κ1) is 22.0. The zero-order chi connectivity index (χ0) is 15.4. The van der Waals surface area contributed by atoms with Crippen molar-refractivity contribution in [3.8, 4) is 0 Å². The van der Waals surface area contributed by atoms with Crippen LogP contribution in [0.5, 0.6) is 0 Å². The highest BCUT2D eigenvalue weighted by molar-refractivity contribution is 5.86. The van der Waals surface area contributed by atoms with E-state index in [9.17, 15) is 4.79 Å². The summed E-state index contributed by atoms with van der Waals surface area (Å²) in [6, 6.07) is 0.691. The molecular formula is C17H33Cl2N3O2. The number of hydrogen-bond donors (Lipinski definition) is 1. The lowest BCUT2D eigenvalue weighted by atomic mass is 9.89. The standard InChI is InChI=1S/C17H31N3O2.2ClH/c1-22-17(7-9-18-10-8-17)16(21)20-13-5-15(6-14-20)19-11-3-2-4-12-19;;/h15,18H,2-14H2,1H3;2*1H. The van der Waals surface area contributed by atoms with E-state index in [1.54, 1.807) is 7.11 Å². The molecule has 3 fully saturated rings. The number of halogens is 2. The summed E-state index contributed by atoms with van der Waals surface area (Å²) in [5.74, 6) is 0.230. The van der Waals surface area contributed by atoms with Crippen LogP contribution in [-0.4, -0.2) is 73.7 Å². The minimum atomic E-state index is -0.566. The van der Waals surface area contributed by atoms with Crippen LogP contribution < -0.4 is 5.32 Å². The zero-order valence-electron chi connectivity index (χ0n) is 14.8. The van der Waals surface area contributed by atoms with Crippen molar-refractivity contribution in [2.75, 3.05) is 46.4 Å². The number of nitrogens with one attached hydrogen (secondary N) is 1. The van der Waals surface area contributed by atoms with Crippen LogP contribution in [0.2, 0.25) is 0 Å². The first-order chi connectivity index (χ1) is 10.7. The molecule has 7 heteroatoms. The van der Waals surface area contributed by atoms with Gasteiger partial charge in [0.05, 0.1) is 0 Å². The Morgan fingerprint density at radius 1 is 1.00 bits per heavy atom. The van der Waals surface area contributed by atoms with Crippen LogP contribution in [0.4, 0.5) is 0 Å². The summed E-state index contributed by atoms with van der Waals surface area (Å²) in [5.41, 5.74) is -0.566. The third-order valence-corrected chi connectivity index (χ3v) is 5.85. The number of carbonyl (C=O) groups excluding carboxylic acids is 1. The van der Waals surface area contributed by atoms with Crippen molar-refractivity contribution in [3.63, 3.8) is 0 Å². The Balaban J connectivity index is 0.00000144. The third kappa shape index (κ3) is 4.76. The lowest BCUT2D eigenvalue weighted by molar-refractivity contribution is -0.160. The molecule has 0 radical (unpaired) electrons. The monoisotopic (exact) mass is 381 g/mol. The molecule has 0 spiro atoms. The summed E-state index contributed by atoms with van der Waals surface area (Å²) < 4.78 is 5.70. The van der Waals surface area contributed by atoms with Crippen LogP contribution in [0, 0.1) is 0 Å². The molecule has 0 atom stereocenters. The quantitative estimate of drug-likeness (QED) is 0.812. The number of likely N-dealkylation sites (tertiary alicyclic amines) is 2. The van der Waals surface area contributed by atoms with E-state index >= 15 is 0 Å². The fourth-order valence-electron chi connectivity index (χ4n) is 4.34. The Hall–Kier alpha value is -0.0700. The van der Waals surface area contributed by atoms with Gasteiger partial charge in [0, 0.05) is 26.2 Å². The van der Waals surface area contributed by atoms with Gasteiger partial charge in [0.15, 0.2) is 0 Å². The molecule has 24 heavy (non-hydrogen) atoms. The summed E-state index contributed by atoms with van der Waals surface area (Å²) >= 11 is 0. The van der Waals surface area contributed by atoms with Gasteiger partial charge in [-0.1, -0.05) is 6.42 Å². The number of carbonyl (C=O) groups is 1. The molecule has 3 rings (SSSR count). The van der Waals surface area contributed by atoms with Crippen LogP contribution >= 0.6 is 24.8 Å². The highest BCUT2D eigenvalue weighted by Crippen LogP contribution is 2.28. The first-order valence-electron chi connectivity index (χ1n) is 9.04. The van der Waals surface area contributed by atoms with Gasteiger partial charge < -0.3 is 19.9 Å². The van der Waals surface area contributed by atoms with Crippen molar-refractivity contribution in [3.05, 3.63) is 0 Å². The average molecular weight is 382 g/mol. The number of nitrogens with zero attached hydrogens (tertiary/aromatic N) is 2. The van der Waals surface area contributed by atoms with E-state index in [4.69, 9.17) is 4.74 Å². The van der Waals surface area contributed by atoms with Crippen LogP contribution in [0.1, 0.15) is 44.9 Å². The minimum Gasteiger partial charge on any atom is -0.368 e. The van der Waals surface area contributed by atoms with Gasteiger partial charge in [0.2, 0.25) is 0 Å². The van der Waals surface area contributed by atoms with E-state index in [-0.39, 0.29) is 30.7 Å². The lowest BCUT2D eigenvalue weighted by Crippen LogP contribution is -2.58. The van der Waals surface area contributed by atoms with Gasteiger partial charge in [-0.05, 0) is 64.7 Å². The maximum atomic E-state index is 12.9. The molecule has 0 aliphatic carbocycles. The second kappa shape index (κ2) is 10.2. The van der Waals surface area contributed by atoms with Crippen LogP contribution in [-0.2, 0) is 9.53 Å². The molecule has 0 aromatic rings. The van der Waals surface area contributed by atoms with E-state index in [0.29, 0.717) is 6.04 Å². The van der Waals surface area contributed by atoms with Crippen molar-refractivity contribution in [2.45, 2.75) is 56.6 Å². The molecule has 0 aromatic carbocycles. The van der Waals surface area contributed by atoms with Gasteiger partial charge in [-0.25, -0.2) is 0 Å². The van der Waals surface area contributed by atoms with Crippen LogP contribution in [0.3, 0.4) is 0 Å². The van der Waals surface area contributed by atoms with Crippen molar-refractivity contribution < 1.29 is 9.53 Å². The summed E-state index contributed by atoms with van der Waals surface area (Å²) in [7, 11) is 1.70. The Kier molecular flexibility index (Phi) is 9.31. The number of rotatable bonds is 3. The molecule has 0 aromatic heterocycles. The normalized spacial score (nSPS) is 25.5. The summed E-state index contributed by atoms with van der Waals surface area (Å²) in [5, 5.41) is 3.32. The Morgan fingerprint density at radius 3 is 2.12 bits per heavy atom. The molecule has 5 nitrogen and oxygen atoms in total. The summed E-state index contributed by atoms with van der Waals surface area (Å²) in [6.07, 6.45) is 7.94. The molecule has 1 N–H and O–H groups in total. The Morgan fingerprint density at radius 2 is 1.58 bits per heavy atom. The van der Waals surface area contributed by atoms with Crippen molar-refractivity contribution in [2.24, 2.45) is 0 Å². The molecule has 0 saturated carbocycles. The van der Waals surface area contributed by atoms with Gasteiger partial charge in [-0.15, -0.1) is 24.8 Å². The van der Waals surface area contributed by atoms with Crippen molar-refractivity contribution in [1.82, 2.24) is 15.1 Å². The van der Waals surface area contributed by atoms with Gasteiger partial charge in [0.1, 0.15) is 5.60 Å². The van der Waals surface area contributed by atoms with Gasteiger partial charge in [-0.3, -0.25) is 4.79 Å². The second-order valence-electron chi connectivity index (χ2n) is 7.07. The molecule has 3 saturated heterocycles. The highest BCUT2D eigenvalue weighted by atomic mass is 35.5. The smallest absolute Gasteiger partial charge is 0.254 e. The highest BCUT2D eigenvalue weighted by Gasteiger charge is 2.43. The average Bonchev–Trinajstić information content (AvgIpc) is 2.62. The topological polar surface area (TPSA) is 44.8 Å². The zero-order valence-corrected chi connectivity index (χ0v) is 16.4. The number of piperidine rings is 3. The van der Waals surface area contributed by atoms with Crippen LogP contribution in [0.25, 0.3) is 0 Å². The Labute approximate surface area is 158 Å². The molecule has 3 aliphatic rings. The third-order valence-electron chi connectivity index (χ3n) is 5.85. The number of methoxy groups -OCH3 is 1. The molecule has 0 bridgehead atoms. The summed E-state index contributed by atoms with van der Waals surface area (Å²) in [4.78, 5) is 17.7.